The number of carbonyl (C=O) groups excluding carboxylic acids is 1. The molecule has 0 saturated carbocycles. The molecule has 122 valence electrons. The fourth-order valence-corrected chi connectivity index (χ4v) is 2.79. The molecule has 0 aliphatic carbocycles. The Morgan fingerprint density at radius 1 is 1.04 bits per heavy atom. The number of benzene rings is 1. The van der Waals surface area contributed by atoms with Crippen LogP contribution in [0.3, 0.4) is 0 Å². The summed E-state index contributed by atoms with van der Waals surface area (Å²) >= 11 is 0. The van der Waals surface area contributed by atoms with Gasteiger partial charge < -0.3 is 10.2 Å². The van der Waals surface area contributed by atoms with Gasteiger partial charge in [-0.25, -0.2) is 0 Å². The number of nitriles is 1. The van der Waals surface area contributed by atoms with Gasteiger partial charge >= 0.3 is 0 Å². The lowest BCUT2D eigenvalue weighted by atomic mass is 10.2. The molecule has 1 N–H and O–H groups in total. The lowest BCUT2D eigenvalue weighted by Crippen LogP contribution is -2.25. The number of nitrogens with one attached hydrogen (secondary N) is 1. The molecule has 0 bridgehead atoms. The third-order valence-corrected chi connectivity index (χ3v) is 4.11. The molecule has 0 atom stereocenters. The van der Waals surface area contributed by atoms with E-state index in [1.165, 1.54) is 12.8 Å². The first-order chi connectivity index (χ1) is 11.8. The van der Waals surface area contributed by atoms with Gasteiger partial charge in [0.1, 0.15) is 6.07 Å². The molecule has 2 heterocycles. The molecule has 2 aromatic rings. The van der Waals surface area contributed by atoms with Crippen molar-refractivity contribution in [1.29, 1.82) is 5.26 Å². The highest BCUT2D eigenvalue weighted by Crippen LogP contribution is 2.18. The van der Waals surface area contributed by atoms with Crippen LogP contribution in [0, 0.1) is 11.3 Å². The van der Waals surface area contributed by atoms with Gasteiger partial charge in [-0.3, -0.25) is 4.79 Å². The summed E-state index contributed by atoms with van der Waals surface area (Å²) in [4.78, 5) is 14.5. The van der Waals surface area contributed by atoms with Crippen LogP contribution in [0.5, 0.6) is 0 Å². The third kappa shape index (κ3) is 3.69. The third-order valence-electron chi connectivity index (χ3n) is 4.11. The summed E-state index contributed by atoms with van der Waals surface area (Å²) in [5.74, 6) is 0.443. The highest BCUT2D eigenvalue weighted by molar-refractivity contribution is 6.03. The van der Waals surface area contributed by atoms with Gasteiger partial charge in [0.2, 0.25) is 0 Å². The molecule has 1 aliphatic rings. The summed E-state index contributed by atoms with van der Waals surface area (Å²) in [7, 11) is 0. The number of amides is 1. The van der Waals surface area contributed by atoms with E-state index in [9.17, 15) is 4.79 Å². The smallest absolute Gasteiger partial charge is 0.276 e. The molecule has 3 rings (SSSR count). The van der Waals surface area contributed by atoms with E-state index in [0.717, 1.165) is 31.7 Å². The van der Waals surface area contributed by atoms with Crippen molar-refractivity contribution in [3.63, 3.8) is 0 Å². The first-order valence-corrected chi connectivity index (χ1v) is 8.17. The summed E-state index contributed by atoms with van der Waals surface area (Å²) < 4.78 is 0. The van der Waals surface area contributed by atoms with Gasteiger partial charge in [0.15, 0.2) is 11.5 Å². The monoisotopic (exact) mass is 321 g/mol. The quantitative estimate of drug-likeness (QED) is 0.940. The number of para-hydroxylation sites is 1. The number of anilines is 2. The summed E-state index contributed by atoms with van der Waals surface area (Å²) in [5.41, 5.74) is 1.13. The second-order valence-electron chi connectivity index (χ2n) is 5.79. The number of hydrogen-bond donors (Lipinski definition) is 1. The van der Waals surface area contributed by atoms with Crippen molar-refractivity contribution in [3.05, 3.63) is 47.7 Å². The fourth-order valence-electron chi connectivity index (χ4n) is 2.79. The molecular formula is C18H19N5O. The Hall–Kier alpha value is -2.94. The van der Waals surface area contributed by atoms with Crippen LogP contribution in [0.4, 0.5) is 11.5 Å². The maximum Gasteiger partial charge on any atom is 0.276 e. The molecule has 1 saturated heterocycles. The maximum absolute atomic E-state index is 12.3. The molecule has 0 unspecified atom stereocenters. The lowest BCUT2D eigenvalue weighted by molar-refractivity contribution is 0.102. The van der Waals surface area contributed by atoms with Crippen LogP contribution in [0.15, 0.2) is 36.4 Å². The molecule has 0 spiro atoms. The zero-order valence-corrected chi connectivity index (χ0v) is 13.4. The SMILES string of the molecule is N#Cc1ccccc1NC(=O)c1ccc(N2CCCCCC2)nn1. The highest BCUT2D eigenvalue weighted by atomic mass is 16.1. The minimum absolute atomic E-state index is 0.237. The predicted molar refractivity (Wildman–Crippen MR) is 91.8 cm³/mol. The Bertz CT molecular complexity index is 743. The van der Waals surface area contributed by atoms with Crippen LogP contribution in [0.1, 0.15) is 41.7 Å². The van der Waals surface area contributed by atoms with Gasteiger partial charge in [-0.1, -0.05) is 25.0 Å². The van der Waals surface area contributed by atoms with Gasteiger partial charge in [0, 0.05) is 13.1 Å². The minimum Gasteiger partial charge on any atom is -0.355 e. The van der Waals surface area contributed by atoms with Gasteiger partial charge in [-0.05, 0) is 37.1 Å². The summed E-state index contributed by atoms with van der Waals surface area (Å²) in [6.45, 7) is 1.96. The first kappa shape index (κ1) is 15.9. The average Bonchev–Trinajstić information content (AvgIpc) is 2.92. The summed E-state index contributed by atoms with van der Waals surface area (Å²) in [6.07, 6.45) is 4.83. The van der Waals surface area contributed by atoms with Gasteiger partial charge in [0.05, 0.1) is 11.3 Å². The van der Waals surface area contributed by atoms with E-state index in [1.807, 2.05) is 6.07 Å². The van der Waals surface area contributed by atoms with Crippen LogP contribution in [-0.2, 0) is 0 Å². The summed E-state index contributed by atoms with van der Waals surface area (Å²) in [6, 6.07) is 12.4. The largest absolute Gasteiger partial charge is 0.355 e. The average molecular weight is 321 g/mol. The second kappa shape index (κ2) is 7.55. The zero-order chi connectivity index (χ0) is 16.8. The van der Waals surface area contributed by atoms with E-state index in [4.69, 9.17) is 5.26 Å². The van der Waals surface area contributed by atoms with Gasteiger partial charge in [0.25, 0.3) is 5.91 Å². The first-order valence-electron chi connectivity index (χ1n) is 8.17. The molecule has 1 amide bonds. The topological polar surface area (TPSA) is 81.9 Å². The van der Waals surface area contributed by atoms with Crippen molar-refractivity contribution in [2.75, 3.05) is 23.3 Å². The molecule has 6 nitrogen and oxygen atoms in total. The van der Waals surface area contributed by atoms with Crippen LogP contribution in [-0.4, -0.2) is 29.2 Å². The maximum atomic E-state index is 12.3. The van der Waals surface area contributed by atoms with E-state index >= 15 is 0 Å². The van der Waals surface area contributed by atoms with Crippen molar-refractivity contribution in [2.45, 2.75) is 25.7 Å². The molecule has 24 heavy (non-hydrogen) atoms. The molecular weight excluding hydrogens is 302 g/mol. The zero-order valence-electron chi connectivity index (χ0n) is 13.4. The number of aromatic nitrogens is 2. The number of hydrogen-bond acceptors (Lipinski definition) is 5. The molecule has 6 heteroatoms. The Balaban J connectivity index is 1.71. The lowest BCUT2D eigenvalue weighted by Gasteiger charge is -2.20. The van der Waals surface area contributed by atoms with Crippen molar-refractivity contribution in [2.24, 2.45) is 0 Å². The predicted octanol–water partition coefficient (Wildman–Crippen LogP) is 2.98. The van der Waals surface area contributed by atoms with E-state index in [0.29, 0.717) is 11.3 Å². The van der Waals surface area contributed by atoms with Crippen molar-refractivity contribution in [3.8, 4) is 6.07 Å². The minimum atomic E-state index is -0.368. The van der Waals surface area contributed by atoms with Crippen LogP contribution in [0.2, 0.25) is 0 Å². The van der Waals surface area contributed by atoms with E-state index in [2.05, 4.69) is 26.5 Å². The Morgan fingerprint density at radius 3 is 2.46 bits per heavy atom. The van der Waals surface area contributed by atoms with E-state index in [1.54, 1.807) is 30.3 Å². The van der Waals surface area contributed by atoms with E-state index in [-0.39, 0.29) is 11.6 Å². The molecule has 1 aromatic heterocycles. The molecule has 1 fully saturated rings. The van der Waals surface area contributed by atoms with Crippen molar-refractivity contribution in [1.82, 2.24) is 10.2 Å². The summed E-state index contributed by atoms with van der Waals surface area (Å²) in [5, 5.41) is 20.0. The van der Waals surface area contributed by atoms with Crippen molar-refractivity contribution >= 4 is 17.4 Å². The van der Waals surface area contributed by atoms with Crippen LogP contribution < -0.4 is 10.2 Å². The Morgan fingerprint density at radius 2 is 1.79 bits per heavy atom. The van der Waals surface area contributed by atoms with Gasteiger partial charge in [-0.15, -0.1) is 10.2 Å². The van der Waals surface area contributed by atoms with Gasteiger partial charge in [-0.2, -0.15) is 5.26 Å². The molecule has 1 aromatic carbocycles. The van der Waals surface area contributed by atoms with Crippen molar-refractivity contribution < 1.29 is 4.79 Å². The Labute approximate surface area is 141 Å². The standard InChI is InChI=1S/C18H19N5O/c19-13-14-7-3-4-8-15(14)20-18(24)16-9-10-17(22-21-16)23-11-5-1-2-6-12-23/h3-4,7-10H,1-2,5-6,11-12H2,(H,20,24). The number of nitrogens with zero attached hydrogens (tertiary/aromatic N) is 4. The molecule has 1 aliphatic heterocycles. The Kier molecular flexibility index (Phi) is 5.02. The second-order valence-corrected chi connectivity index (χ2v) is 5.79. The van der Waals surface area contributed by atoms with Crippen LogP contribution in [0.25, 0.3) is 0 Å². The highest BCUT2D eigenvalue weighted by Gasteiger charge is 2.14. The van der Waals surface area contributed by atoms with Crippen LogP contribution >= 0.6 is 0 Å². The molecule has 0 radical (unpaired) electrons. The number of carbonyl (C=O) groups is 1. The van der Waals surface area contributed by atoms with E-state index < -0.39 is 0 Å². The fraction of sp³-hybridized carbons (Fsp3) is 0.333. The number of rotatable bonds is 3. The normalized spacial score (nSPS) is 14.5.